The van der Waals surface area contributed by atoms with E-state index in [2.05, 4.69) is 15.3 Å². The van der Waals surface area contributed by atoms with Crippen LogP contribution >= 0.6 is 0 Å². The summed E-state index contributed by atoms with van der Waals surface area (Å²) in [6.45, 7) is 0. The Balaban J connectivity index is 1.43. The van der Waals surface area contributed by atoms with Gasteiger partial charge in [0.25, 0.3) is 11.6 Å². The number of anilines is 1. The van der Waals surface area contributed by atoms with Crippen molar-refractivity contribution in [2.75, 3.05) is 5.32 Å². The number of nitro benzene ring substituents is 1. The van der Waals surface area contributed by atoms with Crippen LogP contribution in [-0.4, -0.2) is 25.4 Å². The molecule has 0 aliphatic rings. The lowest BCUT2D eigenvalue weighted by Crippen LogP contribution is -2.11. The van der Waals surface area contributed by atoms with Gasteiger partial charge in [0.2, 0.25) is 5.88 Å². The number of aromatic nitrogens is 3. The third-order valence-corrected chi connectivity index (χ3v) is 4.15. The number of carbonyl (C=O) groups is 1. The molecule has 2 aromatic carbocycles. The normalized spacial score (nSPS) is 10.4. The maximum Gasteiger partial charge on any atom is 0.270 e. The molecule has 0 saturated carbocycles. The highest BCUT2D eigenvalue weighted by Gasteiger charge is 2.12. The molecule has 0 radical (unpaired) electrons. The Labute approximate surface area is 170 Å². The molecule has 0 spiro atoms. The third-order valence-electron chi connectivity index (χ3n) is 4.15. The van der Waals surface area contributed by atoms with Crippen molar-refractivity contribution in [2.45, 2.75) is 0 Å². The maximum absolute atomic E-state index is 12.3. The summed E-state index contributed by atoms with van der Waals surface area (Å²) in [5.74, 6) is 1.13. The summed E-state index contributed by atoms with van der Waals surface area (Å²) in [6.07, 6.45) is 5.15. The molecule has 0 saturated heterocycles. The van der Waals surface area contributed by atoms with E-state index in [1.165, 1.54) is 30.6 Å². The fraction of sp³-hybridized carbons (Fsp3) is 0. The van der Waals surface area contributed by atoms with Gasteiger partial charge in [0.05, 0.1) is 4.92 Å². The number of amides is 1. The highest BCUT2D eigenvalue weighted by Crippen LogP contribution is 2.23. The molecule has 4 rings (SSSR count). The molecule has 0 fully saturated rings. The van der Waals surface area contributed by atoms with E-state index in [4.69, 9.17) is 4.74 Å². The first kappa shape index (κ1) is 18.8. The largest absolute Gasteiger partial charge is 0.439 e. The number of nitro groups is 1. The van der Waals surface area contributed by atoms with Crippen molar-refractivity contribution >= 4 is 17.3 Å². The van der Waals surface area contributed by atoms with Gasteiger partial charge in [-0.25, -0.2) is 9.97 Å². The third kappa shape index (κ3) is 4.30. The fourth-order valence-corrected chi connectivity index (χ4v) is 2.71. The fourth-order valence-electron chi connectivity index (χ4n) is 2.71. The highest BCUT2D eigenvalue weighted by atomic mass is 16.6. The van der Waals surface area contributed by atoms with Crippen molar-refractivity contribution in [3.05, 3.63) is 101 Å². The molecule has 148 valence electrons. The van der Waals surface area contributed by atoms with Gasteiger partial charge in [-0.05, 0) is 42.5 Å². The van der Waals surface area contributed by atoms with Crippen LogP contribution in [0.1, 0.15) is 10.4 Å². The van der Waals surface area contributed by atoms with Crippen LogP contribution in [0.15, 0.2) is 85.5 Å². The second-order valence-electron chi connectivity index (χ2n) is 6.19. The summed E-state index contributed by atoms with van der Waals surface area (Å²) in [5, 5.41) is 13.6. The van der Waals surface area contributed by atoms with E-state index in [1.54, 1.807) is 30.3 Å². The number of hydrogen-bond donors (Lipinski definition) is 1. The lowest BCUT2D eigenvalue weighted by atomic mass is 10.2. The second-order valence-corrected chi connectivity index (χ2v) is 6.19. The summed E-state index contributed by atoms with van der Waals surface area (Å²) in [5.41, 5.74) is 0.577. The minimum Gasteiger partial charge on any atom is -0.439 e. The van der Waals surface area contributed by atoms with E-state index in [0.29, 0.717) is 23.1 Å². The van der Waals surface area contributed by atoms with E-state index in [0.717, 1.165) is 0 Å². The van der Waals surface area contributed by atoms with E-state index < -0.39 is 10.8 Å². The lowest BCUT2D eigenvalue weighted by molar-refractivity contribution is -0.384. The van der Waals surface area contributed by atoms with Gasteiger partial charge in [-0.15, -0.1) is 0 Å². The van der Waals surface area contributed by atoms with E-state index in [9.17, 15) is 14.9 Å². The Bertz CT molecular complexity index is 1190. The number of carbonyl (C=O) groups excluding carboxylic acids is 1. The van der Waals surface area contributed by atoms with E-state index in [-0.39, 0.29) is 11.3 Å². The van der Waals surface area contributed by atoms with Crippen LogP contribution in [0.4, 0.5) is 11.4 Å². The zero-order chi connectivity index (χ0) is 20.9. The number of rotatable bonds is 6. The molecule has 9 nitrogen and oxygen atoms in total. The van der Waals surface area contributed by atoms with Crippen LogP contribution in [0.25, 0.3) is 5.82 Å². The molecule has 0 unspecified atom stereocenters. The van der Waals surface area contributed by atoms with Gasteiger partial charge >= 0.3 is 0 Å². The molecule has 0 aliphatic carbocycles. The number of benzene rings is 2. The number of nitrogens with zero attached hydrogens (tertiary/aromatic N) is 4. The van der Waals surface area contributed by atoms with Gasteiger partial charge in [-0.3, -0.25) is 14.9 Å². The number of hydrogen-bond acceptors (Lipinski definition) is 6. The molecule has 1 amide bonds. The van der Waals surface area contributed by atoms with Crippen LogP contribution < -0.4 is 10.1 Å². The standard InChI is InChI=1S/C21H15N5O4/c27-21(15-4-3-5-17(12-15)26(28)29)24-16-6-8-18(9-7-16)30-20-13-19(22-14-23-20)25-10-1-2-11-25/h1-14H,(H,24,27). The Morgan fingerprint density at radius 1 is 1.00 bits per heavy atom. The highest BCUT2D eigenvalue weighted by molar-refractivity contribution is 6.04. The smallest absolute Gasteiger partial charge is 0.270 e. The van der Waals surface area contributed by atoms with E-state index >= 15 is 0 Å². The second kappa shape index (κ2) is 8.23. The van der Waals surface area contributed by atoms with Crippen LogP contribution in [0.3, 0.4) is 0 Å². The van der Waals surface area contributed by atoms with Crippen molar-refractivity contribution in [3.63, 3.8) is 0 Å². The SMILES string of the molecule is O=C(Nc1ccc(Oc2cc(-n3cccc3)ncn2)cc1)c1cccc([N+](=O)[O-])c1. The van der Waals surface area contributed by atoms with Gasteiger partial charge < -0.3 is 14.6 Å². The number of non-ortho nitro benzene ring substituents is 1. The molecule has 0 bridgehead atoms. The average molecular weight is 401 g/mol. The molecule has 4 aromatic rings. The van der Waals surface area contributed by atoms with Gasteiger partial charge in [0.1, 0.15) is 17.9 Å². The molecule has 2 heterocycles. The first-order valence-corrected chi connectivity index (χ1v) is 8.87. The molecule has 0 aliphatic heterocycles. The van der Waals surface area contributed by atoms with Gasteiger partial charge in [-0.1, -0.05) is 6.07 Å². The van der Waals surface area contributed by atoms with E-state index in [1.807, 2.05) is 29.1 Å². The number of ether oxygens (including phenoxy) is 1. The lowest BCUT2D eigenvalue weighted by Gasteiger charge is -2.08. The number of nitrogens with one attached hydrogen (secondary N) is 1. The summed E-state index contributed by atoms with van der Waals surface area (Å²) < 4.78 is 7.59. The first-order valence-electron chi connectivity index (χ1n) is 8.87. The molecule has 9 heteroatoms. The summed E-state index contributed by atoms with van der Waals surface area (Å²) in [7, 11) is 0. The molecule has 30 heavy (non-hydrogen) atoms. The summed E-state index contributed by atoms with van der Waals surface area (Å²) in [4.78, 5) is 31.0. The summed E-state index contributed by atoms with van der Waals surface area (Å²) in [6, 6.07) is 17.7. The van der Waals surface area contributed by atoms with Gasteiger partial charge in [0, 0.05) is 41.8 Å². The maximum atomic E-state index is 12.3. The van der Waals surface area contributed by atoms with Crippen LogP contribution in [0.2, 0.25) is 0 Å². The average Bonchev–Trinajstić information content (AvgIpc) is 3.30. The van der Waals surface area contributed by atoms with Gasteiger partial charge in [0.15, 0.2) is 0 Å². The van der Waals surface area contributed by atoms with Crippen molar-refractivity contribution in [1.29, 1.82) is 0 Å². The Morgan fingerprint density at radius 2 is 1.77 bits per heavy atom. The van der Waals surface area contributed by atoms with Crippen molar-refractivity contribution in [1.82, 2.24) is 14.5 Å². The quantitative estimate of drug-likeness (QED) is 0.382. The molecular formula is C21H15N5O4. The molecule has 1 N–H and O–H groups in total. The Morgan fingerprint density at radius 3 is 2.50 bits per heavy atom. The Hall–Kier alpha value is -4.53. The monoisotopic (exact) mass is 401 g/mol. The van der Waals surface area contributed by atoms with Crippen LogP contribution in [-0.2, 0) is 0 Å². The Kier molecular flexibility index (Phi) is 5.16. The van der Waals surface area contributed by atoms with Gasteiger partial charge in [-0.2, -0.15) is 0 Å². The van der Waals surface area contributed by atoms with Crippen LogP contribution in [0.5, 0.6) is 11.6 Å². The zero-order valence-corrected chi connectivity index (χ0v) is 15.5. The minimum absolute atomic E-state index is 0.143. The molecule has 0 atom stereocenters. The van der Waals surface area contributed by atoms with Crippen molar-refractivity contribution in [3.8, 4) is 17.4 Å². The predicted molar refractivity (Wildman–Crippen MR) is 109 cm³/mol. The minimum atomic E-state index is -0.544. The summed E-state index contributed by atoms with van der Waals surface area (Å²) >= 11 is 0. The van der Waals surface area contributed by atoms with Crippen LogP contribution in [0, 0.1) is 10.1 Å². The van der Waals surface area contributed by atoms with Crippen molar-refractivity contribution in [2.24, 2.45) is 0 Å². The molecule has 2 aromatic heterocycles. The topological polar surface area (TPSA) is 112 Å². The first-order chi connectivity index (χ1) is 14.6. The van der Waals surface area contributed by atoms with Crippen molar-refractivity contribution < 1.29 is 14.5 Å². The molecular weight excluding hydrogens is 386 g/mol. The zero-order valence-electron chi connectivity index (χ0n) is 15.5. The predicted octanol–water partition coefficient (Wildman–Crippen LogP) is 4.22.